The second-order valence-electron chi connectivity index (χ2n) is 5.00. The number of likely N-dealkylation sites (N-methyl/N-ethyl adjacent to an activating group) is 1. The van der Waals surface area contributed by atoms with Crippen molar-refractivity contribution in [2.24, 2.45) is 7.05 Å². The van der Waals surface area contributed by atoms with E-state index in [9.17, 15) is 9.59 Å². The summed E-state index contributed by atoms with van der Waals surface area (Å²) in [6.07, 6.45) is 1.98. The van der Waals surface area contributed by atoms with Crippen LogP contribution in [0.1, 0.15) is 11.7 Å². The summed E-state index contributed by atoms with van der Waals surface area (Å²) in [5.74, 6) is -1.23. The van der Waals surface area contributed by atoms with E-state index in [-0.39, 0.29) is 6.04 Å². The minimum Gasteiger partial charge on any atom is -0.379 e. The SMILES string of the molecule is CNC(=O)C(=O)NCC(c1cccn1C)N1CCOCC1. The van der Waals surface area contributed by atoms with E-state index in [1.165, 1.54) is 7.05 Å². The van der Waals surface area contributed by atoms with Gasteiger partial charge >= 0.3 is 11.8 Å². The van der Waals surface area contributed by atoms with E-state index in [2.05, 4.69) is 15.5 Å². The molecule has 0 aromatic carbocycles. The third kappa shape index (κ3) is 3.83. The molecule has 1 aromatic rings. The van der Waals surface area contributed by atoms with Gasteiger partial charge in [0.15, 0.2) is 0 Å². The largest absolute Gasteiger partial charge is 0.379 e. The Labute approximate surface area is 124 Å². The number of carbonyl (C=O) groups is 2. The molecule has 0 spiro atoms. The molecule has 1 fully saturated rings. The maximum absolute atomic E-state index is 11.6. The Balaban J connectivity index is 2.07. The fourth-order valence-electron chi connectivity index (χ4n) is 2.51. The number of nitrogens with one attached hydrogen (secondary N) is 2. The third-order valence-electron chi connectivity index (χ3n) is 3.70. The number of hydrogen-bond acceptors (Lipinski definition) is 4. The lowest BCUT2D eigenvalue weighted by molar-refractivity contribution is -0.139. The van der Waals surface area contributed by atoms with Crippen LogP contribution in [0.15, 0.2) is 18.3 Å². The molecule has 0 bridgehead atoms. The minimum absolute atomic E-state index is 0.0301. The average Bonchev–Trinajstić information content (AvgIpc) is 2.93. The fourth-order valence-corrected chi connectivity index (χ4v) is 2.51. The molecule has 1 saturated heterocycles. The second kappa shape index (κ2) is 7.24. The first kappa shape index (κ1) is 15.5. The van der Waals surface area contributed by atoms with Crippen LogP contribution in [0.4, 0.5) is 0 Å². The lowest BCUT2D eigenvalue weighted by Gasteiger charge is -2.34. The quantitative estimate of drug-likeness (QED) is 0.717. The molecule has 21 heavy (non-hydrogen) atoms. The van der Waals surface area contributed by atoms with Crippen LogP contribution in [0.2, 0.25) is 0 Å². The molecule has 0 saturated carbocycles. The summed E-state index contributed by atoms with van der Waals surface area (Å²) in [6.45, 7) is 3.39. The monoisotopic (exact) mass is 294 g/mol. The van der Waals surface area contributed by atoms with Gasteiger partial charge in [-0.15, -0.1) is 0 Å². The number of ether oxygens (including phenoxy) is 1. The van der Waals surface area contributed by atoms with Crippen molar-refractivity contribution in [1.29, 1.82) is 0 Å². The summed E-state index contributed by atoms with van der Waals surface area (Å²) in [5, 5.41) is 5.02. The van der Waals surface area contributed by atoms with Crippen molar-refractivity contribution < 1.29 is 14.3 Å². The molecule has 2 amide bonds. The standard InChI is InChI=1S/C14H22N4O3/c1-15-13(19)14(20)16-10-12(11-4-3-5-17(11)2)18-6-8-21-9-7-18/h3-5,12H,6-10H2,1-2H3,(H,15,19)(H,16,20). The molecular weight excluding hydrogens is 272 g/mol. The number of morpholine rings is 1. The predicted octanol–water partition coefficient (Wildman–Crippen LogP) is -0.739. The zero-order valence-electron chi connectivity index (χ0n) is 12.5. The molecule has 1 atom stereocenters. The van der Waals surface area contributed by atoms with Gasteiger partial charge in [-0.2, -0.15) is 0 Å². The summed E-state index contributed by atoms with van der Waals surface area (Å²) >= 11 is 0. The average molecular weight is 294 g/mol. The number of rotatable bonds is 4. The Morgan fingerprint density at radius 2 is 2.05 bits per heavy atom. The number of aryl methyl sites for hydroxylation is 1. The molecule has 2 heterocycles. The number of hydrogen-bond donors (Lipinski definition) is 2. The molecule has 7 heteroatoms. The molecule has 1 aliphatic heterocycles. The van der Waals surface area contributed by atoms with E-state index in [0.717, 1.165) is 18.8 Å². The maximum Gasteiger partial charge on any atom is 0.309 e. The van der Waals surface area contributed by atoms with Crippen molar-refractivity contribution in [1.82, 2.24) is 20.1 Å². The van der Waals surface area contributed by atoms with Crippen molar-refractivity contribution in [2.45, 2.75) is 6.04 Å². The third-order valence-corrected chi connectivity index (χ3v) is 3.70. The van der Waals surface area contributed by atoms with Crippen LogP contribution in [0.3, 0.4) is 0 Å². The van der Waals surface area contributed by atoms with E-state index < -0.39 is 11.8 Å². The number of aromatic nitrogens is 1. The molecule has 7 nitrogen and oxygen atoms in total. The lowest BCUT2D eigenvalue weighted by Crippen LogP contribution is -2.46. The zero-order valence-corrected chi connectivity index (χ0v) is 12.5. The first-order chi connectivity index (χ1) is 10.1. The normalized spacial score (nSPS) is 17.2. The molecular formula is C14H22N4O3. The van der Waals surface area contributed by atoms with Crippen molar-refractivity contribution in [2.75, 3.05) is 39.9 Å². The van der Waals surface area contributed by atoms with Crippen molar-refractivity contribution in [3.05, 3.63) is 24.0 Å². The Hall–Kier alpha value is -1.86. The van der Waals surface area contributed by atoms with Gasteiger partial charge in [0.05, 0.1) is 19.3 Å². The topological polar surface area (TPSA) is 75.6 Å². The van der Waals surface area contributed by atoms with Crippen LogP contribution >= 0.6 is 0 Å². The molecule has 2 N–H and O–H groups in total. The molecule has 2 rings (SSSR count). The van der Waals surface area contributed by atoms with Crippen molar-refractivity contribution >= 4 is 11.8 Å². The van der Waals surface area contributed by atoms with Crippen molar-refractivity contribution in [3.63, 3.8) is 0 Å². The molecule has 1 unspecified atom stereocenters. The molecule has 116 valence electrons. The van der Waals surface area contributed by atoms with Gasteiger partial charge in [-0.1, -0.05) is 0 Å². The van der Waals surface area contributed by atoms with E-state index in [4.69, 9.17) is 4.74 Å². The summed E-state index contributed by atoms with van der Waals surface area (Å²) < 4.78 is 7.41. The first-order valence-corrected chi connectivity index (χ1v) is 7.06. The van der Waals surface area contributed by atoms with Gasteiger partial charge in [0, 0.05) is 45.6 Å². The Morgan fingerprint density at radius 1 is 1.33 bits per heavy atom. The van der Waals surface area contributed by atoms with Gasteiger partial charge in [0.1, 0.15) is 0 Å². The summed E-state index contributed by atoms with van der Waals surface area (Å²) in [7, 11) is 3.42. The molecule has 0 radical (unpaired) electrons. The second-order valence-corrected chi connectivity index (χ2v) is 5.00. The van der Waals surface area contributed by atoms with E-state index in [0.29, 0.717) is 19.8 Å². The van der Waals surface area contributed by atoms with Gasteiger partial charge in [0.25, 0.3) is 0 Å². The minimum atomic E-state index is -0.623. The Kier molecular flexibility index (Phi) is 5.35. The fraction of sp³-hybridized carbons (Fsp3) is 0.571. The van der Waals surface area contributed by atoms with Gasteiger partial charge in [-0.25, -0.2) is 0 Å². The molecule has 1 aromatic heterocycles. The van der Waals surface area contributed by atoms with Crippen LogP contribution in [0, 0.1) is 0 Å². The van der Waals surface area contributed by atoms with Gasteiger partial charge in [-0.05, 0) is 12.1 Å². The highest BCUT2D eigenvalue weighted by Gasteiger charge is 2.25. The Bertz CT molecular complexity index is 494. The number of amides is 2. The van der Waals surface area contributed by atoms with E-state index in [1.54, 1.807) is 0 Å². The maximum atomic E-state index is 11.6. The molecule has 0 aliphatic carbocycles. The van der Waals surface area contributed by atoms with Crippen LogP contribution in [0.5, 0.6) is 0 Å². The summed E-state index contributed by atoms with van der Waals surface area (Å²) in [6, 6.07) is 4.04. The summed E-state index contributed by atoms with van der Waals surface area (Å²) in [5.41, 5.74) is 1.11. The van der Waals surface area contributed by atoms with Gasteiger partial charge < -0.3 is 19.9 Å². The molecule has 1 aliphatic rings. The highest BCUT2D eigenvalue weighted by atomic mass is 16.5. The van der Waals surface area contributed by atoms with E-state index in [1.807, 2.05) is 29.9 Å². The number of carbonyl (C=O) groups excluding carboxylic acids is 2. The van der Waals surface area contributed by atoms with Crippen LogP contribution in [-0.2, 0) is 21.4 Å². The highest BCUT2D eigenvalue weighted by Crippen LogP contribution is 2.21. The predicted molar refractivity (Wildman–Crippen MR) is 77.6 cm³/mol. The lowest BCUT2D eigenvalue weighted by atomic mass is 10.1. The van der Waals surface area contributed by atoms with E-state index >= 15 is 0 Å². The van der Waals surface area contributed by atoms with Gasteiger partial charge in [-0.3, -0.25) is 14.5 Å². The highest BCUT2D eigenvalue weighted by molar-refractivity contribution is 6.35. The van der Waals surface area contributed by atoms with Crippen LogP contribution < -0.4 is 10.6 Å². The number of nitrogens with zero attached hydrogens (tertiary/aromatic N) is 2. The summed E-state index contributed by atoms with van der Waals surface area (Å²) in [4.78, 5) is 25.2. The Morgan fingerprint density at radius 3 is 2.62 bits per heavy atom. The van der Waals surface area contributed by atoms with Crippen molar-refractivity contribution in [3.8, 4) is 0 Å². The zero-order chi connectivity index (χ0) is 15.2. The van der Waals surface area contributed by atoms with Gasteiger partial charge in [0.2, 0.25) is 0 Å². The first-order valence-electron chi connectivity index (χ1n) is 7.06. The van der Waals surface area contributed by atoms with Crippen LogP contribution in [-0.4, -0.2) is 61.2 Å². The smallest absolute Gasteiger partial charge is 0.309 e. The van der Waals surface area contributed by atoms with Crippen LogP contribution in [0.25, 0.3) is 0 Å².